The highest BCUT2D eigenvalue weighted by molar-refractivity contribution is 7.09. The number of aromatic nitrogens is 1. The van der Waals surface area contributed by atoms with E-state index in [-0.39, 0.29) is 6.04 Å². The average Bonchev–Trinajstić information content (AvgIpc) is 2.89. The first-order chi connectivity index (χ1) is 10.1. The molecule has 0 bridgehead atoms. The van der Waals surface area contributed by atoms with Crippen molar-refractivity contribution in [3.8, 4) is 5.75 Å². The monoisotopic (exact) mass is 324 g/mol. The van der Waals surface area contributed by atoms with Crippen molar-refractivity contribution >= 4 is 22.9 Å². The van der Waals surface area contributed by atoms with Crippen LogP contribution in [0.5, 0.6) is 5.75 Å². The Balaban J connectivity index is 1.98. The predicted molar refractivity (Wildman–Crippen MR) is 89.3 cm³/mol. The van der Waals surface area contributed by atoms with Crippen LogP contribution in [0, 0.1) is 6.92 Å². The molecule has 0 aliphatic rings. The zero-order valence-electron chi connectivity index (χ0n) is 12.6. The highest BCUT2D eigenvalue weighted by Crippen LogP contribution is 2.28. The van der Waals surface area contributed by atoms with Crippen LogP contribution < -0.4 is 10.1 Å². The number of thiazole rings is 1. The zero-order valence-corrected chi connectivity index (χ0v) is 14.2. The van der Waals surface area contributed by atoms with Gasteiger partial charge < -0.3 is 10.1 Å². The predicted octanol–water partition coefficient (Wildman–Crippen LogP) is 4.74. The van der Waals surface area contributed by atoms with Crippen molar-refractivity contribution in [3.63, 3.8) is 0 Å². The summed E-state index contributed by atoms with van der Waals surface area (Å²) in [5, 5.41) is 7.07. The third kappa shape index (κ3) is 4.70. The first-order valence-corrected chi connectivity index (χ1v) is 8.42. The van der Waals surface area contributed by atoms with E-state index in [1.54, 1.807) is 11.3 Å². The Morgan fingerprint density at radius 2 is 2.24 bits per heavy atom. The Kier molecular flexibility index (Phi) is 6.03. The van der Waals surface area contributed by atoms with Gasteiger partial charge in [-0.3, -0.25) is 0 Å². The van der Waals surface area contributed by atoms with Crippen molar-refractivity contribution < 1.29 is 4.74 Å². The minimum Gasteiger partial charge on any atom is -0.485 e. The molecular weight excluding hydrogens is 304 g/mol. The Morgan fingerprint density at radius 1 is 1.43 bits per heavy atom. The Bertz CT molecular complexity index is 585. The van der Waals surface area contributed by atoms with Crippen LogP contribution in [0.1, 0.15) is 42.6 Å². The molecule has 1 unspecified atom stereocenters. The van der Waals surface area contributed by atoms with Crippen molar-refractivity contribution in [2.75, 3.05) is 6.54 Å². The zero-order chi connectivity index (χ0) is 15.2. The number of hydrogen-bond acceptors (Lipinski definition) is 4. The van der Waals surface area contributed by atoms with E-state index >= 15 is 0 Å². The van der Waals surface area contributed by atoms with Gasteiger partial charge in [0.25, 0.3) is 0 Å². The molecule has 3 nitrogen and oxygen atoms in total. The molecule has 1 N–H and O–H groups in total. The SMILES string of the molecule is CCCNC(C)c1ccc(OCc2nc(C)cs2)c(Cl)c1. The fourth-order valence-electron chi connectivity index (χ4n) is 1.99. The summed E-state index contributed by atoms with van der Waals surface area (Å²) < 4.78 is 5.75. The van der Waals surface area contributed by atoms with Crippen molar-refractivity contribution in [1.29, 1.82) is 0 Å². The molecule has 0 aliphatic carbocycles. The topological polar surface area (TPSA) is 34.1 Å². The molecule has 0 radical (unpaired) electrons. The number of halogens is 1. The van der Waals surface area contributed by atoms with Gasteiger partial charge in [0.05, 0.1) is 5.02 Å². The summed E-state index contributed by atoms with van der Waals surface area (Å²) >= 11 is 7.91. The van der Waals surface area contributed by atoms with E-state index in [1.165, 1.54) is 5.56 Å². The largest absolute Gasteiger partial charge is 0.485 e. The quantitative estimate of drug-likeness (QED) is 0.798. The lowest BCUT2D eigenvalue weighted by Gasteiger charge is -2.15. The van der Waals surface area contributed by atoms with Crippen LogP contribution in [0.3, 0.4) is 0 Å². The molecule has 0 amide bonds. The molecule has 114 valence electrons. The Morgan fingerprint density at radius 3 is 2.86 bits per heavy atom. The van der Waals surface area contributed by atoms with Crippen LogP contribution >= 0.6 is 22.9 Å². The van der Waals surface area contributed by atoms with Crippen LogP contribution in [0.15, 0.2) is 23.6 Å². The van der Waals surface area contributed by atoms with Crippen LogP contribution in [0.25, 0.3) is 0 Å². The Hall–Kier alpha value is -1.10. The van der Waals surface area contributed by atoms with Crippen molar-refractivity contribution in [1.82, 2.24) is 10.3 Å². The van der Waals surface area contributed by atoms with Gasteiger partial charge in [-0.1, -0.05) is 24.6 Å². The lowest BCUT2D eigenvalue weighted by Crippen LogP contribution is -2.19. The van der Waals surface area contributed by atoms with Crippen LogP contribution in [0.4, 0.5) is 0 Å². The van der Waals surface area contributed by atoms with E-state index in [0.717, 1.165) is 23.7 Å². The van der Waals surface area contributed by atoms with Gasteiger partial charge in [-0.2, -0.15) is 0 Å². The van der Waals surface area contributed by atoms with Gasteiger partial charge in [-0.25, -0.2) is 4.98 Å². The van der Waals surface area contributed by atoms with Crippen LogP contribution in [-0.4, -0.2) is 11.5 Å². The van der Waals surface area contributed by atoms with Gasteiger partial charge >= 0.3 is 0 Å². The minimum absolute atomic E-state index is 0.290. The minimum atomic E-state index is 0.290. The molecule has 0 aliphatic heterocycles. The number of rotatable bonds is 7. The molecule has 0 saturated carbocycles. The number of nitrogens with zero attached hydrogens (tertiary/aromatic N) is 1. The molecule has 1 atom stereocenters. The summed E-state index contributed by atoms with van der Waals surface area (Å²) in [7, 11) is 0. The van der Waals surface area contributed by atoms with Gasteiger partial charge in [-0.15, -0.1) is 11.3 Å². The summed E-state index contributed by atoms with van der Waals surface area (Å²) in [5.41, 5.74) is 2.20. The molecule has 21 heavy (non-hydrogen) atoms. The molecule has 0 spiro atoms. The van der Waals surface area contributed by atoms with E-state index in [4.69, 9.17) is 16.3 Å². The van der Waals surface area contributed by atoms with Crippen molar-refractivity contribution in [3.05, 3.63) is 44.9 Å². The summed E-state index contributed by atoms with van der Waals surface area (Å²) in [6, 6.07) is 6.25. The second-order valence-electron chi connectivity index (χ2n) is 5.04. The average molecular weight is 325 g/mol. The lowest BCUT2D eigenvalue weighted by atomic mass is 10.1. The first-order valence-electron chi connectivity index (χ1n) is 7.16. The van der Waals surface area contributed by atoms with Crippen LogP contribution in [0.2, 0.25) is 5.02 Å². The lowest BCUT2D eigenvalue weighted by molar-refractivity contribution is 0.305. The number of hydrogen-bond donors (Lipinski definition) is 1. The summed E-state index contributed by atoms with van der Waals surface area (Å²) in [5.74, 6) is 0.705. The van der Waals surface area contributed by atoms with Gasteiger partial charge in [-0.05, 0) is 44.5 Å². The Labute approximate surface area is 135 Å². The maximum atomic E-state index is 6.31. The maximum Gasteiger partial charge on any atom is 0.140 e. The summed E-state index contributed by atoms with van der Waals surface area (Å²) in [6.07, 6.45) is 1.12. The van der Waals surface area contributed by atoms with E-state index in [1.807, 2.05) is 24.4 Å². The van der Waals surface area contributed by atoms with E-state index in [2.05, 4.69) is 30.2 Å². The van der Waals surface area contributed by atoms with Gasteiger partial charge in [0, 0.05) is 17.1 Å². The molecular formula is C16H21ClN2OS. The third-order valence-corrected chi connectivity index (χ3v) is 4.41. The van der Waals surface area contributed by atoms with Gasteiger partial charge in [0.2, 0.25) is 0 Å². The van der Waals surface area contributed by atoms with Gasteiger partial charge in [0.1, 0.15) is 17.4 Å². The van der Waals surface area contributed by atoms with Gasteiger partial charge in [0.15, 0.2) is 0 Å². The molecule has 2 rings (SSSR count). The molecule has 1 heterocycles. The molecule has 0 fully saturated rings. The third-order valence-electron chi connectivity index (χ3n) is 3.17. The van der Waals surface area contributed by atoms with E-state index < -0.39 is 0 Å². The maximum absolute atomic E-state index is 6.31. The highest BCUT2D eigenvalue weighted by Gasteiger charge is 2.09. The number of aryl methyl sites for hydroxylation is 1. The second kappa shape index (κ2) is 7.78. The fraction of sp³-hybridized carbons (Fsp3) is 0.438. The second-order valence-corrected chi connectivity index (χ2v) is 6.39. The fourth-order valence-corrected chi connectivity index (χ4v) is 2.92. The number of benzene rings is 1. The van der Waals surface area contributed by atoms with E-state index in [0.29, 0.717) is 17.4 Å². The van der Waals surface area contributed by atoms with Crippen LogP contribution in [-0.2, 0) is 6.61 Å². The molecule has 1 aromatic heterocycles. The summed E-state index contributed by atoms with van der Waals surface area (Å²) in [4.78, 5) is 4.38. The van der Waals surface area contributed by atoms with Crippen molar-refractivity contribution in [2.24, 2.45) is 0 Å². The smallest absolute Gasteiger partial charge is 0.140 e. The normalized spacial score (nSPS) is 12.4. The number of nitrogens with one attached hydrogen (secondary N) is 1. The highest BCUT2D eigenvalue weighted by atomic mass is 35.5. The first kappa shape index (κ1) is 16.3. The standard InChI is InChI=1S/C16H21ClN2OS/c1-4-7-18-12(3)13-5-6-15(14(17)8-13)20-9-16-19-11(2)10-21-16/h5-6,8,10,12,18H,4,7,9H2,1-3H3. The molecule has 0 saturated heterocycles. The molecule has 2 aromatic rings. The number of ether oxygens (including phenoxy) is 1. The summed E-state index contributed by atoms with van der Waals surface area (Å²) in [6.45, 7) is 7.73. The molecule has 5 heteroatoms. The molecule has 1 aromatic carbocycles. The van der Waals surface area contributed by atoms with Crippen molar-refractivity contribution in [2.45, 2.75) is 39.8 Å². The van der Waals surface area contributed by atoms with E-state index in [9.17, 15) is 0 Å².